The molecule has 0 bridgehead atoms. The maximum absolute atomic E-state index is 4.20. The molecule has 0 aliphatic rings. The van der Waals surface area contributed by atoms with Crippen LogP contribution in [0.4, 0.5) is 0 Å². The molecule has 0 spiro atoms. The number of rotatable bonds is 6. The number of aliphatic imine (C=N–C) groups is 1. The van der Waals surface area contributed by atoms with Crippen molar-refractivity contribution in [1.29, 1.82) is 0 Å². The molecule has 0 N–H and O–H groups in total. The third kappa shape index (κ3) is 5.96. The topological polar surface area (TPSA) is 16.2 Å². The molecule has 0 amide bonds. The average Bonchev–Trinajstić information content (AvgIpc) is 2.45. The van der Waals surface area contributed by atoms with E-state index in [-0.39, 0.29) is 0 Å². The number of hydrogen-bond acceptors (Lipinski definition) is 1. The SMILES string of the molecule is C/C=C\C(C=Cc1cc[n+](CC)cc1)=C/C=NCC. The molecular formula is C17H23N2+. The maximum atomic E-state index is 4.20. The predicted molar refractivity (Wildman–Crippen MR) is 83.3 cm³/mol. The van der Waals surface area contributed by atoms with Gasteiger partial charge in [-0.3, -0.25) is 4.99 Å². The van der Waals surface area contributed by atoms with Crippen molar-refractivity contribution in [3.63, 3.8) is 0 Å². The van der Waals surface area contributed by atoms with Crippen LogP contribution in [-0.2, 0) is 6.54 Å². The number of nitrogens with zero attached hydrogens (tertiary/aromatic N) is 2. The minimum Gasteiger partial charge on any atom is -0.293 e. The number of aryl methyl sites for hydroxylation is 1. The molecule has 2 nitrogen and oxygen atoms in total. The lowest BCUT2D eigenvalue weighted by Crippen LogP contribution is -2.30. The quantitative estimate of drug-likeness (QED) is 0.419. The number of hydrogen-bond donors (Lipinski definition) is 0. The maximum Gasteiger partial charge on any atom is 0.169 e. The predicted octanol–water partition coefficient (Wildman–Crippen LogP) is 3.60. The third-order valence-electron chi connectivity index (χ3n) is 2.66. The summed E-state index contributed by atoms with van der Waals surface area (Å²) in [7, 11) is 0. The van der Waals surface area contributed by atoms with Gasteiger partial charge in [-0.2, -0.15) is 0 Å². The standard InChI is InChI=1S/C17H23N2/c1-4-7-16(10-13-18-5-2)8-9-17-11-14-19(6-3)15-12-17/h4,7-15H,5-6H2,1-3H3/q+1/b7-4-,9-8?,16-10+,18-13?. The van der Waals surface area contributed by atoms with Gasteiger partial charge in [0.1, 0.15) is 6.54 Å². The monoisotopic (exact) mass is 255 g/mol. The Hall–Kier alpha value is -1.96. The van der Waals surface area contributed by atoms with Crippen molar-refractivity contribution in [2.75, 3.05) is 6.54 Å². The summed E-state index contributed by atoms with van der Waals surface area (Å²) in [6.45, 7) is 8.00. The van der Waals surface area contributed by atoms with Gasteiger partial charge in [-0.1, -0.05) is 24.3 Å². The second-order valence-corrected chi connectivity index (χ2v) is 4.11. The summed E-state index contributed by atoms with van der Waals surface area (Å²) in [6, 6.07) is 4.24. The van der Waals surface area contributed by atoms with Crippen LogP contribution >= 0.6 is 0 Å². The van der Waals surface area contributed by atoms with Crippen LogP contribution in [0.2, 0.25) is 0 Å². The second kappa shape index (κ2) is 9.03. The zero-order valence-corrected chi connectivity index (χ0v) is 12.1. The number of pyridine rings is 1. The van der Waals surface area contributed by atoms with E-state index in [4.69, 9.17) is 0 Å². The van der Waals surface area contributed by atoms with Crippen molar-refractivity contribution in [3.8, 4) is 0 Å². The Morgan fingerprint density at radius 1 is 1.21 bits per heavy atom. The molecule has 1 heterocycles. The summed E-state index contributed by atoms with van der Waals surface area (Å²) in [6.07, 6.45) is 16.4. The summed E-state index contributed by atoms with van der Waals surface area (Å²) in [5.41, 5.74) is 2.35. The van der Waals surface area contributed by atoms with Crippen molar-refractivity contribution >= 4 is 12.3 Å². The molecule has 0 aliphatic carbocycles. The first-order valence-corrected chi connectivity index (χ1v) is 6.80. The van der Waals surface area contributed by atoms with E-state index in [9.17, 15) is 0 Å². The number of allylic oxidation sites excluding steroid dienone is 5. The van der Waals surface area contributed by atoms with Crippen LogP contribution in [0.25, 0.3) is 6.08 Å². The number of aromatic nitrogens is 1. The van der Waals surface area contributed by atoms with Gasteiger partial charge in [0.2, 0.25) is 0 Å². The molecule has 0 aliphatic heterocycles. The lowest BCUT2D eigenvalue weighted by atomic mass is 10.1. The van der Waals surface area contributed by atoms with Gasteiger partial charge in [0, 0.05) is 24.9 Å². The Morgan fingerprint density at radius 2 is 1.95 bits per heavy atom. The van der Waals surface area contributed by atoms with Crippen molar-refractivity contribution in [2.24, 2.45) is 4.99 Å². The minimum absolute atomic E-state index is 0.818. The molecule has 1 aromatic rings. The van der Waals surface area contributed by atoms with Gasteiger partial charge in [0.05, 0.1) is 0 Å². The van der Waals surface area contributed by atoms with Gasteiger partial charge in [-0.15, -0.1) is 0 Å². The Balaban J connectivity index is 2.79. The highest BCUT2D eigenvalue weighted by molar-refractivity contribution is 5.75. The zero-order valence-electron chi connectivity index (χ0n) is 12.1. The van der Waals surface area contributed by atoms with Crippen LogP contribution in [0.5, 0.6) is 0 Å². The lowest BCUT2D eigenvalue weighted by Gasteiger charge is -1.94. The summed E-state index contributed by atoms with van der Waals surface area (Å²) >= 11 is 0. The van der Waals surface area contributed by atoms with Gasteiger partial charge < -0.3 is 0 Å². The normalized spacial score (nSPS) is 13.1. The Bertz CT molecular complexity index is 476. The molecule has 0 saturated carbocycles. The smallest absolute Gasteiger partial charge is 0.169 e. The van der Waals surface area contributed by atoms with Gasteiger partial charge >= 0.3 is 0 Å². The molecule has 0 fully saturated rings. The van der Waals surface area contributed by atoms with Crippen LogP contribution in [0.1, 0.15) is 26.3 Å². The Kier molecular flexibility index (Phi) is 7.18. The van der Waals surface area contributed by atoms with E-state index in [0.717, 1.165) is 18.7 Å². The molecule has 1 aromatic heterocycles. The van der Waals surface area contributed by atoms with E-state index in [2.05, 4.69) is 59.2 Å². The van der Waals surface area contributed by atoms with Gasteiger partial charge in [-0.05, 0) is 38.0 Å². The molecule has 0 aromatic carbocycles. The highest BCUT2D eigenvalue weighted by atomic mass is 14.9. The van der Waals surface area contributed by atoms with E-state index >= 15 is 0 Å². The first kappa shape index (κ1) is 15.1. The van der Waals surface area contributed by atoms with Gasteiger partial charge in [0.25, 0.3) is 0 Å². The molecular weight excluding hydrogens is 232 g/mol. The molecule has 1 rings (SSSR count). The Morgan fingerprint density at radius 3 is 2.53 bits per heavy atom. The van der Waals surface area contributed by atoms with E-state index in [1.807, 2.05) is 32.2 Å². The van der Waals surface area contributed by atoms with Gasteiger partial charge in [-0.25, -0.2) is 4.57 Å². The molecule has 100 valence electrons. The van der Waals surface area contributed by atoms with Crippen LogP contribution < -0.4 is 4.57 Å². The summed E-state index contributed by atoms with van der Waals surface area (Å²) in [4.78, 5) is 4.20. The molecule has 19 heavy (non-hydrogen) atoms. The summed E-state index contributed by atoms with van der Waals surface area (Å²) < 4.78 is 2.15. The molecule has 0 saturated heterocycles. The van der Waals surface area contributed by atoms with E-state index in [1.165, 1.54) is 5.56 Å². The highest BCUT2D eigenvalue weighted by Gasteiger charge is 1.94. The first-order chi connectivity index (χ1) is 9.30. The van der Waals surface area contributed by atoms with Crippen LogP contribution in [0, 0.1) is 0 Å². The molecule has 2 heteroatoms. The second-order valence-electron chi connectivity index (χ2n) is 4.11. The van der Waals surface area contributed by atoms with Crippen molar-refractivity contribution in [3.05, 3.63) is 60.0 Å². The lowest BCUT2D eigenvalue weighted by molar-refractivity contribution is -0.693. The minimum atomic E-state index is 0.818. The largest absolute Gasteiger partial charge is 0.293 e. The van der Waals surface area contributed by atoms with Crippen molar-refractivity contribution in [1.82, 2.24) is 0 Å². The fourth-order valence-corrected chi connectivity index (χ4v) is 1.59. The van der Waals surface area contributed by atoms with Crippen LogP contribution in [0.3, 0.4) is 0 Å². The third-order valence-corrected chi connectivity index (χ3v) is 2.66. The molecule has 0 unspecified atom stereocenters. The summed E-state index contributed by atoms with van der Waals surface area (Å²) in [5, 5.41) is 0. The van der Waals surface area contributed by atoms with Crippen LogP contribution in [0.15, 0.2) is 59.4 Å². The van der Waals surface area contributed by atoms with Crippen molar-refractivity contribution < 1.29 is 4.57 Å². The summed E-state index contributed by atoms with van der Waals surface area (Å²) in [5.74, 6) is 0. The van der Waals surface area contributed by atoms with E-state index in [1.54, 1.807) is 0 Å². The van der Waals surface area contributed by atoms with E-state index in [0.29, 0.717) is 0 Å². The zero-order chi connectivity index (χ0) is 13.9. The van der Waals surface area contributed by atoms with Gasteiger partial charge in [0.15, 0.2) is 12.4 Å². The fraction of sp³-hybridized carbons (Fsp3) is 0.294. The molecule has 0 atom stereocenters. The van der Waals surface area contributed by atoms with Crippen LogP contribution in [-0.4, -0.2) is 12.8 Å². The molecule has 0 radical (unpaired) electrons. The Labute approximate surface area is 116 Å². The van der Waals surface area contributed by atoms with Crippen molar-refractivity contribution in [2.45, 2.75) is 27.3 Å². The average molecular weight is 255 g/mol. The fourth-order valence-electron chi connectivity index (χ4n) is 1.59. The highest BCUT2D eigenvalue weighted by Crippen LogP contribution is 2.05. The first-order valence-electron chi connectivity index (χ1n) is 6.80. The van der Waals surface area contributed by atoms with E-state index < -0.39 is 0 Å².